The molecule has 1 aromatic rings. The van der Waals surface area contributed by atoms with Gasteiger partial charge in [0.05, 0.1) is 4.90 Å². The van der Waals surface area contributed by atoms with Crippen molar-refractivity contribution in [2.45, 2.75) is 30.7 Å². The molecule has 100 valence electrons. The number of nitrogen functional groups attached to an aromatic ring is 1. The van der Waals surface area contributed by atoms with Crippen molar-refractivity contribution in [2.75, 3.05) is 17.2 Å². The first-order chi connectivity index (χ1) is 8.49. The molecule has 3 N–H and O–H groups in total. The van der Waals surface area contributed by atoms with Crippen LogP contribution in [0.5, 0.6) is 0 Å². The zero-order valence-electron chi connectivity index (χ0n) is 10.3. The molecule has 1 aromatic carbocycles. The predicted molar refractivity (Wildman–Crippen MR) is 76.3 cm³/mol. The van der Waals surface area contributed by atoms with E-state index in [4.69, 9.17) is 5.73 Å². The lowest BCUT2D eigenvalue weighted by Gasteiger charge is -2.22. The predicted octanol–water partition coefficient (Wildman–Crippen LogP) is 1.75. The highest BCUT2D eigenvalue weighted by molar-refractivity contribution is 7.99. The van der Waals surface area contributed by atoms with Gasteiger partial charge in [-0.1, -0.05) is 0 Å². The number of sulfonamides is 1. The molecule has 1 heterocycles. The van der Waals surface area contributed by atoms with E-state index in [1.54, 1.807) is 30.0 Å². The molecule has 0 aliphatic carbocycles. The standard InChI is InChI=1S/C12H18N2O2S2/c1-9-7-11(4-5-12(9)13)18(15,16)14-10-3-2-6-17-8-10/h4-5,7,10,14H,2-3,6,8,13H2,1H3. The number of nitrogens with one attached hydrogen (secondary N) is 1. The minimum Gasteiger partial charge on any atom is -0.399 e. The maximum atomic E-state index is 12.2. The van der Waals surface area contributed by atoms with E-state index in [1.165, 1.54) is 0 Å². The van der Waals surface area contributed by atoms with Crippen LogP contribution >= 0.6 is 11.8 Å². The minimum atomic E-state index is -3.42. The molecule has 1 fully saturated rings. The highest BCUT2D eigenvalue weighted by Gasteiger charge is 2.22. The van der Waals surface area contributed by atoms with Crippen molar-refractivity contribution in [3.8, 4) is 0 Å². The van der Waals surface area contributed by atoms with E-state index >= 15 is 0 Å². The van der Waals surface area contributed by atoms with Crippen LogP contribution < -0.4 is 10.5 Å². The lowest BCUT2D eigenvalue weighted by Crippen LogP contribution is -2.38. The van der Waals surface area contributed by atoms with Gasteiger partial charge in [-0.05, 0) is 49.3 Å². The number of hydrogen-bond donors (Lipinski definition) is 2. The molecule has 0 spiro atoms. The molecule has 1 unspecified atom stereocenters. The molecule has 6 heteroatoms. The van der Waals surface area contributed by atoms with E-state index in [2.05, 4.69) is 4.72 Å². The Hall–Kier alpha value is -0.720. The zero-order valence-corrected chi connectivity index (χ0v) is 12.0. The zero-order chi connectivity index (χ0) is 13.2. The molecule has 1 atom stereocenters. The first-order valence-corrected chi connectivity index (χ1v) is 8.59. The van der Waals surface area contributed by atoms with Gasteiger partial charge in [-0.15, -0.1) is 0 Å². The van der Waals surface area contributed by atoms with Gasteiger partial charge >= 0.3 is 0 Å². The quantitative estimate of drug-likeness (QED) is 0.830. The Morgan fingerprint density at radius 1 is 1.44 bits per heavy atom. The molecule has 1 saturated heterocycles. The highest BCUT2D eigenvalue weighted by Crippen LogP contribution is 2.21. The fourth-order valence-electron chi connectivity index (χ4n) is 1.94. The summed E-state index contributed by atoms with van der Waals surface area (Å²) in [6.07, 6.45) is 1.98. The van der Waals surface area contributed by atoms with Gasteiger partial charge in [0, 0.05) is 17.5 Å². The van der Waals surface area contributed by atoms with Crippen LogP contribution in [-0.2, 0) is 10.0 Å². The van der Waals surface area contributed by atoms with Crippen LogP contribution in [0.4, 0.5) is 5.69 Å². The van der Waals surface area contributed by atoms with Gasteiger partial charge in [0.2, 0.25) is 10.0 Å². The Kier molecular flexibility index (Phi) is 4.19. The topological polar surface area (TPSA) is 72.2 Å². The number of thioether (sulfide) groups is 1. The van der Waals surface area contributed by atoms with Gasteiger partial charge in [-0.25, -0.2) is 13.1 Å². The third kappa shape index (κ3) is 3.18. The largest absolute Gasteiger partial charge is 0.399 e. The summed E-state index contributed by atoms with van der Waals surface area (Å²) in [6, 6.07) is 4.86. The second-order valence-corrected chi connectivity index (χ2v) is 7.42. The fourth-order valence-corrected chi connectivity index (χ4v) is 4.47. The summed E-state index contributed by atoms with van der Waals surface area (Å²) in [5, 5.41) is 0. The minimum absolute atomic E-state index is 0.0478. The van der Waals surface area contributed by atoms with Gasteiger partial charge in [0.15, 0.2) is 0 Å². The Bertz CT molecular complexity index is 523. The maximum absolute atomic E-state index is 12.2. The van der Waals surface area contributed by atoms with Crippen LogP contribution in [0.2, 0.25) is 0 Å². The van der Waals surface area contributed by atoms with Crippen LogP contribution in [0.25, 0.3) is 0 Å². The lowest BCUT2D eigenvalue weighted by atomic mass is 10.2. The average Bonchev–Trinajstić information content (AvgIpc) is 2.33. The summed E-state index contributed by atoms with van der Waals surface area (Å²) >= 11 is 1.80. The summed E-state index contributed by atoms with van der Waals surface area (Å²) in [5.41, 5.74) is 7.10. The number of anilines is 1. The van der Waals surface area contributed by atoms with Crippen molar-refractivity contribution >= 4 is 27.5 Å². The Morgan fingerprint density at radius 3 is 2.83 bits per heavy atom. The molecule has 18 heavy (non-hydrogen) atoms. The van der Waals surface area contributed by atoms with E-state index in [-0.39, 0.29) is 6.04 Å². The van der Waals surface area contributed by atoms with E-state index in [1.807, 2.05) is 6.92 Å². The molecule has 1 aliphatic rings. The van der Waals surface area contributed by atoms with Gasteiger partial charge in [0.25, 0.3) is 0 Å². The van der Waals surface area contributed by atoms with Gasteiger partial charge in [0.1, 0.15) is 0 Å². The second kappa shape index (κ2) is 5.50. The monoisotopic (exact) mass is 286 g/mol. The van der Waals surface area contributed by atoms with Crippen molar-refractivity contribution in [1.82, 2.24) is 4.72 Å². The molecular weight excluding hydrogens is 268 g/mol. The van der Waals surface area contributed by atoms with Gasteiger partial charge < -0.3 is 5.73 Å². The Morgan fingerprint density at radius 2 is 2.22 bits per heavy atom. The summed E-state index contributed by atoms with van der Waals surface area (Å²) in [6.45, 7) is 1.81. The molecule has 4 nitrogen and oxygen atoms in total. The molecule has 1 aliphatic heterocycles. The first kappa shape index (κ1) is 13.7. The fraction of sp³-hybridized carbons (Fsp3) is 0.500. The van der Waals surface area contributed by atoms with E-state index in [0.29, 0.717) is 10.6 Å². The Balaban J connectivity index is 2.16. The van der Waals surface area contributed by atoms with Crippen LogP contribution in [0.1, 0.15) is 18.4 Å². The van der Waals surface area contributed by atoms with Gasteiger partial charge in [-0.2, -0.15) is 11.8 Å². The molecule has 0 bridgehead atoms. The Labute approximate surface area is 112 Å². The molecule has 0 saturated carbocycles. The third-order valence-corrected chi connectivity index (χ3v) is 5.77. The van der Waals surface area contributed by atoms with Gasteiger partial charge in [-0.3, -0.25) is 0 Å². The molecular formula is C12H18N2O2S2. The van der Waals surface area contributed by atoms with Crippen molar-refractivity contribution in [2.24, 2.45) is 0 Å². The van der Waals surface area contributed by atoms with Crippen molar-refractivity contribution in [3.05, 3.63) is 23.8 Å². The summed E-state index contributed by atoms with van der Waals surface area (Å²) in [7, 11) is -3.42. The van der Waals surface area contributed by atoms with E-state index in [9.17, 15) is 8.42 Å². The summed E-state index contributed by atoms with van der Waals surface area (Å²) in [4.78, 5) is 0.296. The smallest absolute Gasteiger partial charge is 0.240 e. The van der Waals surface area contributed by atoms with Crippen molar-refractivity contribution in [3.63, 3.8) is 0 Å². The second-order valence-electron chi connectivity index (χ2n) is 4.55. The number of hydrogen-bond acceptors (Lipinski definition) is 4. The average molecular weight is 286 g/mol. The number of rotatable bonds is 3. The molecule has 0 amide bonds. The SMILES string of the molecule is Cc1cc(S(=O)(=O)NC2CCCSC2)ccc1N. The summed E-state index contributed by atoms with van der Waals surface area (Å²) in [5.74, 6) is 1.98. The first-order valence-electron chi connectivity index (χ1n) is 5.95. The maximum Gasteiger partial charge on any atom is 0.240 e. The summed E-state index contributed by atoms with van der Waals surface area (Å²) < 4.78 is 27.2. The van der Waals surface area contributed by atoms with Crippen LogP contribution in [-0.4, -0.2) is 26.0 Å². The number of aryl methyl sites for hydroxylation is 1. The molecule has 0 aromatic heterocycles. The van der Waals surface area contributed by atoms with Crippen molar-refractivity contribution in [1.29, 1.82) is 0 Å². The van der Waals surface area contributed by atoms with Crippen LogP contribution in [0.3, 0.4) is 0 Å². The van der Waals surface area contributed by atoms with E-state index in [0.717, 1.165) is 29.9 Å². The van der Waals surface area contributed by atoms with Crippen LogP contribution in [0, 0.1) is 6.92 Å². The third-order valence-electron chi connectivity index (χ3n) is 3.03. The number of nitrogens with two attached hydrogens (primary N) is 1. The highest BCUT2D eigenvalue weighted by atomic mass is 32.2. The lowest BCUT2D eigenvalue weighted by molar-refractivity contribution is 0.543. The molecule has 2 rings (SSSR count). The van der Waals surface area contributed by atoms with Crippen LogP contribution in [0.15, 0.2) is 23.1 Å². The van der Waals surface area contributed by atoms with E-state index < -0.39 is 10.0 Å². The van der Waals surface area contributed by atoms with Crippen molar-refractivity contribution < 1.29 is 8.42 Å². The number of benzene rings is 1. The molecule has 0 radical (unpaired) electrons. The normalized spacial score (nSPS) is 20.8.